The van der Waals surface area contributed by atoms with E-state index in [0.717, 1.165) is 23.1 Å². The van der Waals surface area contributed by atoms with Gasteiger partial charge in [0.05, 0.1) is 42.6 Å². The molecule has 5 unspecified atom stereocenters. The predicted molar refractivity (Wildman–Crippen MR) is 276 cm³/mol. The van der Waals surface area contributed by atoms with E-state index >= 15 is 0 Å². The SMILES string of the molecule is CCC(=O)O[C@@H]1CC(=O)O[C@@H](C/C=C/c2cccc(-c3ccccn3)c2)CCCN(C)C[C@H](O)[C@H](C)C[C@H](CC=O)[C@H](O[C@@H]2OC(C)[C@H](O[C@H]3CC(C)(OC(C)=O)[C@@H](OC(=O)CC)C(C)O3)C(N(C)C)C2O)[C@H]1OC. The van der Waals surface area contributed by atoms with Gasteiger partial charge in [0, 0.05) is 64.4 Å². The summed E-state index contributed by atoms with van der Waals surface area (Å²) < 4.78 is 56.2. The summed E-state index contributed by atoms with van der Waals surface area (Å²) in [6.07, 6.45) is -4.71. The van der Waals surface area contributed by atoms with Crippen molar-refractivity contribution in [2.24, 2.45) is 11.8 Å². The number of cyclic esters (lactones) is 1. The largest absolute Gasteiger partial charge is 0.462 e. The van der Waals surface area contributed by atoms with Gasteiger partial charge in [-0.1, -0.05) is 57.2 Å². The molecule has 0 saturated carbocycles. The fourth-order valence-electron chi connectivity index (χ4n) is 10.5. The van der Waals surface area contributed by atoms with Crippen LogP contribution in [0.5, 0.6) is 0 Å². The van der Waals surface area contributed by atoms with Crippen LogP contribution in [0.1, 0.15) is 112 Å². The quantitative estimate of drug-likeness (QED) is 0.110. The van der Waals surface area contributed by atoms with E-state index in [4.69, 9.17) is 42.6 Å². The van der Waals surface area contributed by atoms with Crippen LogP contribution in [0, 0.1) is 11.8 Å². The lowest BCUT2D eigenvalue weighted by molar-refractivity contribution is -0.344. The molecule has 418 valence electrons. The summed E-state index contributed by atoms with van der Waals surface area (Å²) in [6, 6.07) is 12.9. The van der Waals surface area contributed by atoms with Crippen molar-refractivity contribution in [3.8, 4) is 11.3 Å². The first-order valence-corrected chi connectivity index (χ1v) is 26.5. The Hall–Kier alpha value is -4.70. The van der Waals surface area contributed by atoms with E-state index in [0.29, 0.717) is 32.4 Å². The van der Waals surface area contributed by atoms with Crippen molar-refractivity contribution in [2.45, 2.75) is 192 Å². The maximum absolute atomic E-state index is 14.2. The first-order valence-electron chi connectivity index (χ1n) is 26.5. The third-order valence-electron chi connectivity index (χ3n) is 14.4. The van der Waals surface area contributed by atoms with Crippen LogP contribution >= 0.6 is 0 Å². The van der Waals surface area contributed by atoms with Gasteiger partial charge in [-0.15, -0.1) is 0 Å². The van der Waals surface area contributed by atoms with Gasteiger partial charge in [-0.2, -0.15) is 0 Å². The number of esters is 4. The van der Waals surface area contributed by atoms with Gasteiger partial charge in [-0.25, -0.2) is 0 Å². The average Bonchev–Trinajstić information content (AvgIpc) is 3.35. The predicted octanol–water partition coefficient (Wildman–Crippen LogP) is 5.69. The Morgan fingerprint density at radius 2 is 1.68 bits per heavy atom. The molecule has 19 nitrogen and oxygen atoms in total. The average molecular weight is 1050 g/mol. The van der Waals surface area contributed by atoms with Crippen LogP contribution in [0.3, 0.4) is 0 Å². The molecule has 3 aliphatic rings. The second-order valence-corrected chi connectivity index (χ2v) is 20.7. The van der Waals surface area contributed by atoms with Gasteiger partial charge in [0.1, 0.15) is 36.8 Å². The van der Waals surface area contributed by atoms with E-state index in [-0.39, 0.29) is 32.1 Å². The van der Waals surface area contributed by atoms with E-state index in [1.54, 1.807) is 59.8 Å². The Balaban J connectivity index is 1.45. The zero-order valence-electron chi connectivity index (χ0n) is 45.7. The topological polar surface area (TPSA) is 228 Å². The van der Waals surface area contributed by atoms with Gasteiger partial charge in [0.15, 0.2) is 24.3 Å². The molecule has 2 aromatic rings. The maximum Gasteiger partial charge on any atom is 0.309 e. The van der Waals surface area contributed by atoms with Crippen LogP contribution in [0.25, 0.3) is 17.3 Å². The number of rotatable bonds is 17. The van der Waals surface area contributed by atoms with Gasteiger partial charge in [0.2, 0.25) is 0 Å². The van der Waals surface area contributed by atoms with Gasteiger partial charge in [-0.3, -0.25) is 24.2 Å². The Morgan fingerprint density at radius 3 is 2.33 bits per heavy atom. The molecule has 4 heterocycles. The lowest BCUT2D eigenvalue weighted by Gasteiger charge is -2.50. The Bertz CT molecular complexity index is 2160. The molecule has 0 aliphatic carbocycles. The molecule has 1 aromatic carbocycles. The standard InChI is InChI=1S/C56H83N3O16/c1-12-45(63)71-44-31-47(65)70-41(22-17-20-38-19-16-21-39(30-38)42-24-14-15-26-57-42)23-18-27-59(10)33-43(62)34(3)29-40(25-28-60)52(53(44)67-11)74-55-50(66)49(58(8)9)51(35(4)69-55)73-48-32-56(7,75-37(6)61)54(36(5)68-48)72-46(64)13-2/h14-17,19-21,24,26,28,30,34-36,40-41,43-44,48-55,62,66H,12-13,18,22-23,25,27,29,31-33H2,1-11H3/b20-17+/t34-,35?,36?,40+,41+,43+,44-,48+,49?,50?,51+,52+,53+,54+,55+,56?/m1/s1. The number of hydrogen-bond donors (Lipinski definition) is 2. The third kappa shape index (κ3) is 17.4. The lowest BCUT2D eigenvalue weighted by atomic mass is 9.82. The van der Waals surface area contributed by atoms with Crippen LogP contribution < -0.4 is 0 Å². The highest BCUT2D eigenvalue weighted by Crippen LogP contribution is 2.39. The number of aliphatic hydroxyl groups excluding tert-OH is 2. The second-order valence-electron chi connectivity index (χ2n) is 20.7. The molecule has 1 aromatic heterocycles. The zero-order valence-corrected chi connectivity index (χ0v) is 45.7. The van der Waals surface area contributed by atoms with Crippen molar-refractivity contribution in [1.82, 2.24) is 14.8 Å². The normalized spacial score (nSPS) is 33.8. The Labute approximate surface area is 442 Å². The number of carbonyl (C=O) groups excluding carboxylic acids is 5. The van der Waals surface area contributed by atoms with Crippen molar-refractivity contribution in [1.29, 1.82) is 0 Å². The summed E-state index contributed by atoms with van der Waals surface area (Å²) in [5.41, 5.74) is 1.41. The van der Waals surface area contributed by atoms with Crippen LogP contribution in [-0.4, -0.2) is 182 Å². The molecule has 75 heavy (non-hydrogen) atoms. The fourth-order valence-corrected chi connectivity index (χ4v) is 10.5. The highest BCUT2D eigenvalue weighted by atomic mass is 16.7. The van der Waals surface area contributed by atoms with E-state index < -0.39 is 127 Å². The summed E-state index contributed by atoms with van der Waals surface area (Å²) in [6.45, 7) is 12.4. The number of aliphatic hydroxyl groups is 2. The molecule has 0 amide bonds. The fraction of sp³-hybridized carbons (Fsp3) is 0.679. The van der Waals surface area contributed by atoms with Crippen molar-refractivity contribution in [3.63, 3.8) is 0 Å². The lowest BCUT2D eigenvalue weighted by Crippen LogP contribution is -2.66. The van der Waals surface area contributed by atoms with Crippen molar-refractivity contribution in [2.75, 3.05) is 41.3 Å². The number of nitrogens with zero attached hydrogens (tertiary/aromatic N) is 3. The summed E-state index contributed by atoms with van der Waals surface area (Å²) in [5, 5.41) is 24.1. The zero-order chi connectivity index (χ0) is 55.0. The number of hydrogen-bond acceptors (Lipinski definition) is 19. The minimum absolute atomic E-state index is 0.0255. The van der Waals surface area contributed by atoms with Crippen molar-refractivity contribution in [3.05, 3.63) is 60.3 Å². The Morgan fingerprint density at radius 1 is 0.947 bits per heavy atom. The van der Waals surface area contributed by atoms with Crippen molar-refractivity contribution < 1.29 is 76.8 Å². The summed E-state index contributed by atoms with van der Waals surface area (Å²) in [7, 11) is 6.80. The molecule has 2 N–H and O–H groups in total. The molecular formula is C56H83N3O16. The minimum Gasteiger partial charge on any atom is -0.462 e. The number of benzene rings is 1. The highest BCUT2D eigenvalue weighted by Gasteiger charge is 2.54. The number of aromatic nitrogens is 1. The number of β-amino-alcohol motifs (C(OH)–C–C–N with tert-alkyl or cyclic N) is 1. The molecule has 0 radical (unpaired) electrons. The molecular weight excluding hydrogens is 971 g/mol. The number of likely N-dealkylation sites (N-methyl/N-ethyl adjacent to an activating group) is 2. The molecule has 3 fully saturated rings. The van der Waals surface area contributed by atoms with Crippen molar-refractivity contribution >= 4 is 36.2 Å². The smallest absolute Gasteiger partial charge is 0.309 e. The van der Waals surface area contributed by atoms with Gasteiger partial charge >= 0.3 is 23.9 Å². The highest BCUT2D eigenvalue weighted by molar-refractivity contribution is 5.73. The minimum atomic E-state index is -1.44. The molecule has 3 saturated heterocycles. The van der Waals surface area contributed by atoms with Gasteiger partial charge < -0.3 is 67.4 Å². The van der Waals surface area contributed by atoms with Crippen LogP contribution in [0.2, 0.25) is 0 Å². The van der Waals surface area contributed by atoms with Crippen LogP contribution in [0.4, 0.5) is 0 Å². The van der Waals surface area contributed by atoms with E-state index in [1.807, 2.05) is 73.5 Å². The summed E-state index contributed by atoms with van der Waals surface area (Å²) >= 11 is 0. The molecule has 19 heteroatoms. The van der Waals surface area contributed by atoms with Crippen LogP contribution in [0.15, 0.2) is 54.7 Å². The summed E-state index contributed by atoms with van der Waals surface area (Å²) in [4.78, 5) is 73.3. The first kappa shape index (κ1) is 61.2. The number of methoxy groups -OCH3 is 1. The third-order valence-corrected chi connectivity index (χ3v) is 14.4. The van der Waals surface area contributed by atoms with E-state index in [9.17, 15) is 34.2 Å². The molecule has 5 rings (SSSR count). The second kappa shape index (κ2) is 29.2. The number of aldehydes is 1. The van der Waals surface area contributed by atoms with E-state index in [2.05, 4.69) is 4.98 Å². The molecule has 3 aliphatic heterocycles. The van der Waals surface area contributed by atoms with E-state index in [1.165, 1.54) is 14.0 Å². The van der Waals surface area contributed by atoms with Crippen LogP contribution in [-0.2, 0) is 66.6 Å². The number of ether oxygens (including phenoxy) is 9. The van der Waals surface area contributed by atoms with Gasteiger partial charge in [-0.05, 0) is 103 Å². The molecule has 0 spiro atoms. The first-order chi connectivity index (χ1) is 35.7. The maximum atomic E-state index is 14.2. The Kier molecular flexibility index (Phi) is 23.8. The molecule has 0 bridgehead atoms. The monoisotopic (exact) mass is 1050 g/mol. The van der Waals surface area contributed by atoms with Gasteiger partial charge in [0.25, 0.3) is 0 Å². The number of pyridine rings is 1. The number of carbonyl (C=O) groups is 5. The molecule has 16 atom stereocenters. The summed E-state index contributed by atoms with van der Waals surface area (Å²) in [5.74, 6) is -3.47.